The smallest absolute Gasteiger partial charge is 0.269 e. The Kier molecular flexibility index (Phi) is 4.06. The maximum absolute atomic E-state index is 5.91. The van der Waals surface area contributed by atoms with Crippen LogP contribution in [0.15, 0.2) is 28.8 Å². The SMILES string of the molecule is CCOC(CC)c1noc(C2CNc3ccccc3O2)n1. The minimum atomic E-state index is -0.278. The second-order valence-corrected chi connectivity index (χ2v) is 4.83. The van der Waals surface area contributed by atoms with E-state index in [1.807, 2.05) is 38.1 Å². The van der Waals surface area contributed by atoms with Gasteiger partial charge in [0.15, 0.2) is 6.10 Å². The Morgan fingerprint density at radius 2 is 2.24 bits per heavy atom. The summed E-state index contributed by atoms with van der Waals surface area (Å²) in [7, 11) is 0. The first-order chi connectivity index (χ1) is 10.3. The zero-order valence-corrected chi connectivity index (χ0v) is 12.2. The van der Waals surface area contributed by atoms with E-state index in [9.17, 15) is 0 Å². The molecule has 2 unspecified atom stereocenters. The van der Waals surface area contributed by atoms with E-state index >= 15 is 0 Å². The molecule has 3 rings (SSSR count). The van der Waals surface area contributed by atoms with Crippen LogP contribution >= 0.6 is 0 Å². The molecule has 1 aromatic heterocycles. The van der Waals surface area contributed by atoms with Crippen LogP contribution in [0.25, 0.3) is 0 Å². The number of aromatic nitrogens is 2. The van der Waals surface area contributed by atoms with Crippen LogP contribution in [0.1, 0.15) is 44.2 Å². The van der Waals surface area contributed by atoms with E-state index in [2.05, 4.69) is 15.5 Å². The molecule has 2 atom stereocenters. The first kappa shape index (κ1) is 13.9. The number of rotatable bonds is 5. The predicted octanol–water partition coefficient (Wildman–Crippen LogP) is 3.10. The summed E-state index contributed by atoms with van der Waals surface area (Å²) < 4.78 is 16.8. The molecule has 6 heteroatoms. The van der Waals surface area contributed by atoms with Crippen LogP contribution in [0.4, 0.5) is 5.69 Å². The lowest BCUT2D eigenvalue weighted by Crippen LogP contribution is -2.23. The van der Waals surface area contributed by atoms with Crippen LogP contribution in [-0.2, 0) is 4.74 Å². The molecule has 1 aliphatic rings. The van der Waals surface area contributed by atoms with Gasteiger partial charge >= 0.3 is 0 Å². The standard InChI is InChI=1S/C15H19N3O3/c1-3-11(19-4-2)14-17-15(21-18-14)13-9-16-10-7-5-6-8-12(10)20-13/h5-8,11,13,16H,3-4,9H2,1-2H3. The minimum absolute atomic E-state index is 0.128. The largest absolute Gasteiger partial charge is 0.477 e. The molecule has 0 aliphatic carbocycles. The van der Waals surface area contributed by atoms with Gasteiger partial charge in [-0.25, -0.2) is 0 Å². The average Bonchev–Trinajstić information content (AvgIpc) is 3.02. The van der Waals surface area contributed by atoms with Gasteiger partial charge in [-0.3, -0.25) is 0 Å². The number of anilines is 1. The molecule has 1 N–H and O–H groups in total. The van der Waals surface area contributed by atoms with Crippen LogP contribution in [0.3, 0.4) is 0 Å². The summed E-state index contributed by atoms with van der Waals surface area (Å²) >= 11 is 0. The van der Waals surface area contributed by atoms with E-state index < -0.39 is 0 Å². The molecule has 0 bridgehead atoms. The van der Waals surface area contributed by atoms with E-state index in [0.717, 1.165) is 17.9 Å². The number of fused-ring (bicyclic) bond motifs is 1. The van der Waals surface area contributed by atoms with Crippen molar-refractivity contribution >= 4 is 5.69 Å². The lowest BCUT2D eigenvalue weighted by atomic mass is 10.2. The van der Waals surface area contributed by atoms with Crippen molar-refractivity contribution in [3.63, 3.8) is 0 Å². The highest BCUT2D eigenvalue weighted by Crippen LogP contribution is 2.33. The zero-order chi connectivity index (χ0) is 14.7. The second kappa shape index (κ2) is 6.13. The Hall–Kier alpha value is -2.08. The molecule has 0 radical (unpaired) electrons. The molecular formula is C15H19N3O3. The van der Waals surface area contributed by atoms with Crippen molar-refractivity contribution in [2.45, 2.75) is 32.5 Å². The maximum Gasteiger partial charge on any atom is 0.269 e. The number of para-hydroxylation sites is 2. The van der Waals surface area contributed by atoms with Crippen LogP contribution in [0.2, 0.25) is 0 Å². The summed E-state index contributed by atoms with van der Waals surface area (Å²) in [6, 6.07) is 7.80. The first-order valence-corrected chi connectivity index (χ1v) is 7.26. The third-order valence-electron chi connectivity index (χ3n) is 3.39. The molecule has 21 heavy (non-hydrogen) atoms. The average molecular weight is 289 g/mol. The van der Waals surface area contributed by atoms with Gasteiger partial charge in [0.1, 0.15) is 11.9 Å². The molecule has 1 aliphatic heterocycles. The highest BCUT2D eigenvalue weighted by Gasteiger charge is 2.27. The van der Waals surface area contributed by atoms with Crippen LogP contribution in [0.5, 0.6) is 5.75 Å². The Bertz CT molecular complexity index is 599. The lowest BCUT2D eigenvalue weighted by Gasteiger charge is -2.24. The van der Waals surface area contributed by atoms with E-state index in [1.165, 1.54) is 0 Å². The van der Waals surface area contributed by atoms with Gasteiger partial charge in [-0.15, -0.1) is 0 Å². The second-order valence-electron chi connectivity index (χ2n) is 4.83. The topological polar surface area (TPSA) is 69.4 Å². The molecule has 0 amide bonds. The van der Waals surface area contributed by atoms with Gasteiger partial charge in [-0.05, 0) is 25.5 Å². The highest BCUT2D eigenvalue weighted by atomic mass is 16.5. The number of ether oxygens (including phenoxy) is 2. The predicted molar refractivity (Wildman–Crippen MR) is 77.3 cm³/mol. The van der Waals surface area contributed by atoms with Crippen molar-refractivity contribution < 1.29 is 14.0 Å². The molecule has 0 spiro atoms. The van der Waals surface area contributed by atoms with Gasteiger partial charge in [-0.1, -0.05) is 24.2 Å². The molecule has 112 valence electrons. The molecule has 0 saturated carbocycles. The normalized spacial score (nSPS) is 18.5. The number of benzene rings is 1. The fraction of sp³-hybridized carbons (Fsp3) is 0.467. The third-order valence-corrected chi connectivity index (χ3v) is 3.39. The van der Waals surface area contributed by atoms with Crippen molar-refractivity contribution in [2.24, 2.45) is 0 Å². The molecule has 2 heterocycles. The Morgan fingerprint density at radius 3 is 3.05 bits per heavy atom. The maximum atomic E-state index is 5.91. The monoisotopic (exact) mass is 289 g/mol. The molecule has 0 saturated heterocycles. The first-order valence-electron chi connectivity index (χ1n) is 7.26. The van der Waals surface area contributed by atoms with Crippen molar-refractivity contribution in [1.82, 2.24) is 10.1 Å². The number of hydrogen-bond acceptors (Lipinski definition) is 6. The van der Waals surface area contributed by atoms with E-state index in [-0.39, 0.29) is 12.2 Å². The minimum Gasteiger partial charge on any atom is -0.477 e. The quantitative estimate of drug-likeness (QED) is 0.912. The Labute approximate surface area is 123 Å². The van der Waals surface area contributed by atoms with E-state index in [1.54, 1.807) is 0 Å². The van der Waals surface area contributed by atoms with Gasteiger partial charge < -0.3 is 19.3 Å². The number of nitrogens with one attached hydrogen (secondary N) is 1. The van der Waals surface area contributed by atoms with Gasteiger partial charge in [0.05, 0.1) is 12.2 Å². The van der Waals surface area contributed by atoms with E-state index in [0.29, 0.717) is 24.9 Å². The highest BCUT2D eigenvalue weighted by molar-refractivity contribution is 5.57. The molecular weight excluding hydrogens is 270 g/mol. The Balaban J connectivity index is 1.75. The van der Waals surface area contributed by atoms with Crippen LogP contribution < -0.4 is 10.1 Å². The Morgan fingerprint density at radius 1 is 1.38 bits per heavy atom. The number of nitrogens with zero attached hydrogens (tertiary/aromatic N) is 2. The fourth-order valence-corrected chi connectivity index (χ4v) is 2.34. The summed E-state index contributed by atoms with van der Waals surface area (Å²) in [5.74, 6) is 1.85. The van der Waals surface area contributed by atoms with Crippen molar-refractivity contribution in [3.05, 3.63) is 36.0 Å². The van der Waals surface area contributed by atoms with Gasteiger partial charge in [-0.2, -0.15) is 4.98 Å². The third kappa shape index (κ3) is 2.85. The summed E-state index contributed by atoms with van der Waals surface area (Å²) in [6.45, 7) is 5.21. The molecule has 0 fully saturated rings. The van der Waals surface area contributed by atoms with Crippen LogP contribution in [0, 0.1) is 0 Å². The van der Waals surface area contributed by atoms with Gasteiger partial charge in [0.25, 0.3) is 5.89 Å². The van der Waals surface area contributed by atoms with Crippen molar-refractivity contribution in [3.8, 4) is 5.75 Å². The fourth-order valence-electron chi connectivity index (χ4n) is 2.34. The summed E-state index contributed by atoms with van der Waals surface area (Å²) in [5, 5.41) is 7.32. The number of hydrogen-bond donors (Lipinski definition) is 1. The molecule has 1 aromatic carbocycles. The molecule has 6 nitrogen and oxygen atoms in total. The summed E-state index contributed by atoms with van der Waals surface area (Å²) in [6.07, 6.45) is 0.399. The summed E-state index contributed by atoms with van der Waals surface area (Å²) in [5.41, 5.74) is 0.981. The van der Waals surface area contributed by atoms with Crippen LogP contribution in [-0.4, -0.2) is 23.3 Å². The van der Waals surface area contributed by atoms with Gasteiger partial charge in [0, 0.05) is 6.61 Å². The summed E-state index contributed by atoms with van der Waals surface area (Å²) in [4.78, 5) is 4.43. The lowest BCUT2D eigenvalue weighted by molar-refractivity contribution is 0.0518. The van der Waals surface area contributed by atoms with Crippen molar-refractivity contribution in [2.75, 3.05) is 18.5 Å². The molecule has 2 aromatic rings. The van der Waals surface area contributed by atoms with Gasteiger partial charge in [0.2, 0.25) is 5.82 Å². The zero-order valence-electron chi connectivity index (χ0n) is 12.2. The van der Waals surface area contributed by atoms with E-state index in [4.69, 9.17) is 14.0 Å². The van der Waals surface area contributed by atoms with Crippen molar-refractivity contribution in [1.29, 1.82) is 0 Å².